The minimum absolute atomic E-state index is 0.154. The highest BCUT2D eigenvalue weighted by Gasteiger charge is 2.34. The second-order valence-electron chi connectivity index (χ2n) is 6.22. The third-order valence-electron chi connectivity index (χ3n) is 4.45. The first-order valence-corrected chi connectivity index (χ1v) is 9.58. The maximum atomic E-state index is 12.6. The molecule has 26 heavy (non-hydrogen) atoms. The fourth-order valence-electron chi connectivity index (χ4n) is 3.00. The Morgan fingerprint density at radius 2 is 1.92 bits per heavy atom. The van der Waals surface area contributed by atoms with Crippen LogP contribution in [0.3, 0.4) is 0 Å². The van der Waals surface area contributed by atoms with Gasteiger partial charge in [0.15, 0.2) is 12.4 Å². The second-order valence-corrected chi connectivity index (χ2v) is 7.57. The number of hydrogen-bond acceptors (Lipinski definition) is 4. The SMILES string of the molecule is C#CC1(NC(=O)c2sccc2OCC(=O)c2ccc(Cl)cc2)CCCC1. The highest BCUT2D eigenvalue weighted by atomic mass is 35.5. The molecule has 6 heteroatoms. The van der Waals surface area contributed by atoms with Gasteiger partial charge in [-0.15, -0.1) is 17.8 Å². The molecule has 1 saturated carbocycles. The van der Waals surface area contributed by atoms with Gasteiger partial charge in [0.05, 0.1) is 0 Å². The van der Waals surface area contributed by atoms with Crippen LogP contribution in [0.25, 0.3) is 0 Å². The first-order valence-electron chi connectivity index (χ1n) is 8.32. The first-order chi connectivity index (χ1) is 12.5. The molecule has 2 aromatic rings. The summed E-state index contributed by atoms with van der Waals surface area (Å²) in [6, 6.07) is 8.28. The maximum Gasteiger partial charge on any atom is 0.266 e. The number of halogens is 1. The third kappa shape index (κ3) is 4.09. The highest BCUT2D eigenvalue weighted by Crippen LogP contribution is 2.31. The summed E-state index contributed by atoms with van der Waals surface area (Å²) in [5.41, 5.74) is -0.0647. The molecule has 4 nitrogen and oxygen atoms in total. The monoisotopic (exact) mass is 387 g/mol. The molecule has 3 rings (SSSR count). The number of nitrogens with one attached hydrogen (secondary N) is 1. The smallest absolute Gasteiger partial charge is 0.266 e. The van der Waals surface area contributed by atoms with Gasteiger partial charge in [-0.2, -0.15) is 0 Å². The number of benzene rings is 1. The van der Waals surface area contributed by atoms with Gasteiger partial charge in [-0.05, 0) is 61.4 Å². The lowest BCUT2D eigenvalue weighted by Crippen LogP contribution is -2.44. The number of amides is 1. The van der Waals surface area contributed by atoms with Gasteiger partial charge in [-0.3, -0.25) is 9.59 Å². The van der Waals surface area contributed by atoms with Gasteiger partial charge in [0.2, 0.25) is 0 Å². The molecule has 0 saturated heterocycles. The zero-order valence-electron chi connectivity index (χ0n) is 14.1. The average Bonchev–Trinajstić information content (AvgIpc) is 3.30. The van der Waals surface area contributed by atoms with Crippen molar-refractivity contribution in [3.63, 3.8) is 0 Å². The van der Waals surface area contributed by atoms with Crippen LogP contribution >= 0.6 is 22.9 Å². The quantitative estimate of drug-likeness (QED) is 0.592. The van der Waals surface area contributed by atoms with E-state index >= 15 is 0 Å². The Kier molecular flexibility index (Phi) is 5.65. The van der Waals surface area contributed by atoms with Crippen molar-refractivity contribution >= 4 is 34.6 Å². The molecule has 1 aromatic heterocycles. The standard InChI is InChI=1S/C20H18ClNO3S/c1-2-20(10-3-4-11-20)22-19(24)18-17(9-12-26-18)25-13-16(23)14-5-7-15(21)8-6-14/h1,5-9,12H,3-4,10-11,13H2,(H,22,24). The van der Waals surface area contributed by atoms with E-state index in [-0.39, 0.29) is 18.3 Å². The summed E-state index contributed by atoms with van der Waals surface area (Å²) in [5, 5.41) is 5.29. The summed E-state index contributed by atoms with van der Waals surface area (Å²) in [5.74, 6) is 2.68. The van der Waals surface area contributed by atoms with Crippen LogP contribution in [0, 0.1) is 12.3 Å². The predicted octanol–water partition coefficient (Wildman–Crippen LogP) is 4.34. The number of carbonyl (C=O) groups is 2. The number of rotatable bonds is 6. The number of terminal acetylenes is 1. The molecule has 0 unspecified atom stereocenters. The van der Waals surface area contributed by atoms with E-state index in [9.17, 15) is 9.59 Å². The van der Waals surface area contributed by atoms with Crippen LogP contribution in [0.5, 0.6) is 5.75 Å². The molecule has 0 radical (unpaired) electrons. The zero-order chi connectivity index (χ0) is 18.6. The van der Waals surface area contributed by atoms with E-state index in [2.05, 4.69) is 11.2 Å². The maximum absolute atomic E-state index is 12.6. The molecule has 1 aliphatic carbocycles. The summed E-state index contributed by atoms with van der Waals surface area (Å²) in [6.07, 6.45) is 9.22. The molecule has 1 N–H and O–H groups in total. The van der Waals surface area contributed by atoms with Crippen LogP contribution in [0.2, 0.25) is 5.02 Å². The summed E-state index contributed by atoms with van der Waals surface area (Å²) >= 11 is 7.09. The van der Waals surface area contributed by atoms with Crippen LogP contribution in [-0.4, -0.2) is 23.8 Å². The topological polar surface area (TPSA) is 55.4 Å². The van der Waals surface area contributed by atoms with E-state index in [4.69, 9.17) is 22.8 Å². The molecule has 1 aromatic carbocycles. The number of ether oxygens (including phenoxy) is 1. The molecule has 0 spiro atoms. The zero-order valence-corrected chi connectivity index (χ0v) is 15.7. The number of carbonyl (C=O) groups excluding carboxylic acids is 2. The van der Waals surface area contributed by atoms with Crippen molar-refractivity contribution in [2.75, 3.05) is 6.61 Å². The Bertz CT molecular complexity index is 845. The van der Waals surface area contributed by atoms with Crippen molar-refractivity contribution in [3.05, 3.63) is 51.2 Å². The minimum Gasteiger partial charge on any atom is -0.484 e. The molecular weight excluding hydrogens is 370 g/mol. The van der Waals surface area contributed by atoms with E-state index in [0.29, 0.717) is 21.2 Å². The first kappa shape index (κ1) is 18.5. The van der Waals surface area contributed by atoms with Crippen LogP contribution in [0.1, 0.15) is 45.7 Å². The van der Waals surface area contributed by atoms with Crippen LogP contribution in [-0.2, 0) is 0 Å². The molecule has 1 amide bonds. The molecular formula is C20H18ClNO3S. The van der Waals surface area contributed by atoms with Crippen molar-refractivity contribution in [3.8, 4) is 18.1 Å². The number of hydrogen-bond donors (Lipinski definition) is 1. The lowest BCUT2D eigenvalue weighted by atomic mass is 9.99. The van der Waals surface area contributed by atoms with Gasteiger partial charge in [0.1, 0.15) is 16.2 Å². The van der Waals surface area contributed by atoms with E-state index in [1.54, 1.807) is 35.7 Å². The molecule has 0 atom stereocenters. The molecule has 0 bridgehead atoms. The van der Waals surface area contributed by atoms with E-state index in [1.807, 2.05) is 0 Å². The van der Waals surface area contributed by atoms with E-state index in [1.165, 1.54) is 11.3 Å². The summed E-state index contributed by atoms with van der Waals surface area (Å²) in [7, 11) is 0. The average molecular weight is 388 g/mol. The van der Waals surface area contributed by atoms with Crippen molar-refractivity contribution in [1.82, 2.24) is 5.32 Å². The Hall–Kier alpha value is -2.29. The lowest BCUT2D eigenvalue weighted by molar-refractivity contribution is 0.0894. The fourth-order valence-corrected chi connectivity index (χ4v) is 3.85. The Labute approximate surface area is 161 Å². The molecule has 1 aliphatic rings. The van der Waals surface area contributed by atoms with Gasteiger partial charge in [0.25, 0.3) is 5.91 Å². The highest BCUT2D eigenvalue weighted by molar-refractivity contribution is 7.12. The van der Waals surface area contributed by atoms with Crippen LogP contribution < -0.4 is 10.1 Å². The predicted molar refractivity (Wildman–Crippen MR) is 103 cm³/mol. The van der Waals surface area contributed by atoms with Crippen molar-refractivity contribution in [2.24, 2.45) is 0 Å². The lowest BCUT2D eigenvalue weighted by Gasteiger charge is -2.24. The Morgan fingerprint density at radius 3 is 2.58 bits per heavy atom. The van der Waals surface area contributed by atoms with Crippen LogP contribution in [0.15, 0.2) is 35.7 Å². The number of thiophene rings is 1. The van der Waals surface area contributed by atoms with E-state index < -0.39 is 5.54 Å². The van der Waals surface area contributed by atoms with Crippen molar-refractivity contribution in [2.45, 2.75) is 31.2 Å². The Morgan fingerprint density at radius 1 is 1.23 bits per heavy atom. The van der Waals surface area contributed by atoms with Crippen molar-refractivity contribution in [1.29, 1.82) is 0 Å². The van der Waals surface area contributed by atoms with Gasteiger partial charge in [-0.1, -0.05) is 17.5 Å². The largest absolute Gasteiger partial charge is 0.484 e. The van der Waals surface area contributed by atoms with Gasteiger partial charge in [0, 0.05) is 10.6 Å². The molecule has 0 aliphatic heterocycles. The Balaban J connectivity index is 1.65. The minimum atomic E-state index is -0.572. The normalized spacial score (nSPS) is 15.2. The molecule has 1 heterocycles. The number of Topliss-reactive ketones (excluding diaryl/α,β-unsaturated/α-hetero) is 1. The van der Waals surface area contributed by atoms with Gasteiger partial charge in [-0.25, -0.2) is 0 Å². The molecule has 1 fully saturated rings. The van der Waals surface area contributed by atoms with E-state index in [0.717, 1.165) is 25.7 Å². The summed E-state index contributed by atoms with van der Waals surface area (Å²) in [4.78, 5) is 25.3. The van der Waals surface area contributed by atoms with Gasteiger partial charge >= 0.3 is 0 Å². The number of ketones is 1. The summed E-state index contributed by atoms with van der Waals surface area (Å²) < 4.78 is 5.59. The van der Waals surface area contributed by atoms with Gasteiger partial charge < -0.3 is 10.1 Å². The third-order valence-corrected chi connectivity index (χ3v) is 5.59. The fraction of sp³-hybridized carbons (Fsp3) is 0.300. The molecule has 134 valence electrons. The van der Waals surface area contributed by atoms with Crippen molar-refractivity contribution < 1.29 is 14.3 Å². The summed E-state index contributed by atoms with van der Waals surface area (Å²) in [6.45, 7) is -0.154. The second kappa shape index (κ2) is 7.94. The van der Waals surface area contributed by atoms with Crippen LogP contribution in [0.4, 0.5) is 0 Å².